The zero-order chi connectivity index (χ0) is 15.6. The number of hydrogen-bond acceptors (Lipinski definition) is 2. The Morgan fingerprint density at radius 2 is 1.38 bits per heavy atom. The van der Waals surface area contributed by atoms with E-state index in [9.17, 15) is 5.11 Å². The Morgan fingerprint density at radius 3 is 1.81 bits per heavy atom. The lowest BCUT2D eigenvalue weighted by molar-refractivity contribution is 0.160. The third-order valence-corrected chi connectivity index (χ3v) is 5.95. The van der Waals surface area contributed by atoms with Crippen molar-refractivity contribution in [3.8, 4) is 0 Å². The van der Waals surface area contributed by atoms with Crippen LogP contribution in [0.3, 0.4) is 0 Å². The van der Waals surface area contributed by atoms with Crippen molar-refractivity contribution in [3.05, 3.63) is 0 Å². The summed E-state index contributed by atoms with van der Waals surface area (Å²) in [6.07, 6.45) is 11.1. The molecule has 0 radical (unpaired) electrons. The first-order chi connectivity index (χ1) is 9.34. The number of rotatable bonds is 12. The summed E-state index contributed by atoms with van der Waals surface area (Å²) >= 11 is 12.8. The number of unbranched alkanes of at least 4 members (excludes halogenated alkanes) is 7. The monoisotopic (exact) mass is 341 g/mol. The topological polar surface area (TPSA) is 55.2 Å². The molecule has 0 aromatic carbocycles. The average Bonchev–Trinajstić information content (AvgIpc) is 2.40. The summed E-state index contributed by atoms with van der Waals surface area (Å²) in [6.45, 7) is 8.06. The highest BCUT2D eigenvalue weighted by Crippen LogP contribution is 2.36. The van der Waals surface area contributed by atoms with Crippen LogP contribution in [0.25, 0.3) is 0 Å². The summed E-state index contributed by atoms with van der Waals surface area (Å²) in [5.74, 6) is 0.321. The van der Waals surface area contributed by atoms with Gasteiger partial charge in [-0.2, -0.15) is 0 Å². The van der Waals surface area contributed by atoms with Gasteiger partial charge in [0.2, 0.25) is 0 Å². The van der Waals surface area contributed by atoms with E-state index in [4.69, 9.17) is 23.2 Å². The highest BCUT2D eigenvalue weighted by atomic mass is 35.5. The Balaban J connectivity index is 0. The molecule has 4 unspecified atom stereocenters. The first-order valence-electron chi connectivity index (χ1n) is 8.35. The maximum absolute atomic E-state index is 9.60. The van der Waals surface area contributed by atoms with Crippen LogP contribution in [0.2, 0.25) is 0 Å². The van der Waals surface area contributed by atoms with Crippen LogP contribution in [0.1, 0.15) is 85.5 Å². The van der Waals surface area contributed by atoms with Gasteiger partial charge in [0.25, 0.3) is 0 Å². The van der Waals surface area contributed by atoms with Gasteiger partial charge in [0.05, 0.1) is 16.4 Å². The van der Waals surface area contributed by atoms with Gasteiger partial charge in [-0.15, -0.1) is 23.2 Å². The van der Waals surface area contributed by atoms with Crippen molar-refractivity contribution in [2.45, 2.75) is 102 Å². The second-order valence-corrected chi connectivity index (χ2v) is 7.74. The maximum atomic E-state index is 9.60. The minimum Gasteiger partial charge on any atom is -0.392 e. The lowest BCUT2D eigenvalue weighted by Gasteiger charge is -2.35. The van der Waals surface area contributed by atoms with Crippen LogP contribution >= 0.6 is 23.2 Å². The van der Waals surface area contributed by atoms with Gasteiger partial charge in [-0.1, -0.05) is 65.2 Å². The van der Waals surface area contributed by atoms with Gasteiger partial charge in [0.15, 0.2) is 0 Å². The van der Waals surface area contributed by atoms with Crippen LogP contribution in [0.5, 0.6) is 0 Å². The summed E-state index contributed by atoms with van der Waals surface area (Å²) in [4.78, 5) is -0.531. The molecule has 4 N–H and O–H groups in total. The quantitative estimate of drug-likeness (QED) is 0.323. The number of halogens is 2. The van der Waals surface area contributed by atoms with Gasteiger partial charge < -0.3 is 11.3 Å². The van der Waals surface area contributed by atoms with Crippen LogP contribution in [0.15, 0.2) is 0 Å². The van der Waals surface area contributed by atoms with E-state index >= 15 is 0 Å². The molecule has 21 heavy (non-hydrogen) atoms. The van der Waals surface area contributed by atoms with Crippen molar-refractivity contribution in [2.75, 3.05) is 0 Å². The number of aliphatic hydroxyl groups is 1. The van der Waals surface area contributed by atoms with E-state index in [1.165, 1.54) is 51.4 Å². The Bertz CT molecular complexity index is 235. The van der Waals surface area contributed by atoms with Crippen molar-refractivity contribution in [3.63, 3.8) is 0 Å². The largest absolute Gasteiger partial charge is 0.392 e. The van der Waals surface area contributed by atoms with Crippen LogP contribution in [-0.2, 0) is 0 Å². The predicted molar refractivity (Wildman–Crippen MR) is 97.0 cm³/mol. The summed E-state index contributed by atoms with van der Waals surface area (Å²) < 4.78 is 0. The first kappa shape index (κ1) is 23.8. The molecule has 0 aromatic heterocycles. The molecule has 0 amide bonds. The third-order valence-electron chi connectivity index (χ3n) is 4.42. The van der Waals surface area contributed by atoms with Crippen molar-refractivity contribution in [2.24, 2.45) is 5.92 Å². The lowest BCUT2D eigenvalue weighted by Crippen LogP contribution is -2.42. The molecule has 0 aliphatic carbocycles. The summed E-state index contributed by atoms with van der Waals surface area (Å²) in [6, 6.07) is 0. The molecular formula is C17H37Cl2NO. The van der Waals surface area contributed by atoms with E-state index in [0.29, 0.717) is 5.92 Å². The van der Waals surface area contributed by atoms with Gasteiger partial charge in [0, 0.05) is 0 Å². The molecule has 0 spiro atoms. The fourth-order valence-electron chi connectivity index (χ4n) is 2.61. The highest BCUT2D eigenvalue weighted by molar-refractivity contribution is 6.32. The van der Waals surface area contributed by atoms with E-state index in [2.05, 4.69) is 13.8 Å². The van der Waals surface area contributed by atoms with Crippen LogP contribution in [-0.4, -0.2) is 21.5 Å². The molecule has 4 heteroatoms. The van der Waals surface area contributed by atoms with Crippen molar-refractivity contribution < 1.29 is 5.11 Å². The third kappa shape index (κ3) is 9.99. The second kappa shape index (κ2) is 13.0. The minimum atomic E-state index is -0.569. The molecule has 0 aliphatic rings. The fraction of sp³-hybridized carbons (Fsp3) is 1.00. The Morgan fingerprint density at radius 1 is 0.952 bits per heavy atom. The molecule has 0 bridgehead atoms. The average molecular weight is 342 g/mol. The fourth-order valence-corrected chi connectivity index (χ4v) is 3.12. The highest BCUT2D eigenvalue weighted by Gasteiger charge is 2.38. The van der Waals surface area contributed by atoms with E-state index in [0.717, 1.165) is 6.42 Å². The predicted octanol–water partition coefficient (Wildman–Crippen LogP) is 6.30. The van der Waals surface area contributed by atoms with Crippen molar-refractivity contribution >= 4 is 23.2 Å². The SMILES string of the molecule is CCCCCCCCCCC(C)C(C)(Cl)C(Cl)C(C)O.N. The number of hydrogen-bond donors (Lipinski definition) is 2. The summed E-state index contributed by atoms with van der Waals surface area (Å²) in [7, 11) is 0. The summed E-state index contributed by atoms with van der Waals surface area (Å²) in [5, 5.41) is 9.21. The molecule has 4 atom stereocenters. The molecule has 0 aliphatic heterocycles. The van der Waals surface area contributed by atoms with Crippen molar-refractivity contribution in [1.29, 1.82) is 0 Å². The molecule has 0 heterocycles. The Labute approximate surface area is 142 Å². The minimum absolute atomic E-state index is 0. The number of aliphatic hydroxyl groups excluding tert-OH is 1. The van der Waals surface area contributed by atoms with Gasteiger partial charge >= 0.3 is 0 Å². The molecular weight excluding hydrogens is 305 g/mol. The molecule has 0 aromatic rings. The van der Waals surface area contributed by atoms with Gasteiger partial charge in [-0.3, -0.25) is 0 Å². The standard InChI is InChI=1S/C17H34Cl2O.H3N/c1-5-6-7-8-9-10-11-12-13-14(2)17(4,19)16(18)15(3)20;/h14-16,20H,5-13H2,1-4H3;1H3. The van der Waals surface area contributed by atoms with Gasteiger partial charge in [-0.05, 0) is 26.2 Å². The summed E-state index contributed by atoms with van der Waals surface area (Å²) in [5.41, 5.74) is 0. The maximum Gasteiger partial charge on any atom is 0.0783 e. The zero-order valence-electron chi connectivity index (χ0n) is 14.5. The van der Waals surface area contributed by atoms with E-state index < -0.39 is 16.4 Å². The normalized spacial score (nSPS) is 18.4. The van der Waals surface area contributed by atoms with Gasteiger partial charge in [-0.25, -0.2) is 0 Å². The second-order valence-electron chi connectivity index (χ2n) is 6.46. The first-order valence-corrected chi connectivity index (χ1v) is 9.16. The molecule has 130 valence electrons. The molecule has 0 rings (SSSR count). The molecule has 2 nitrogen and oxygen atoms in total. The van der Waals surface area contributed by atoms with Crippen LogP contribution < -0.4 is 6.15 Å². The smallest absolute Gasteiger partial charge is 0.0783 e. The van der Waals surface area contributed by atoms with E-state index in [1.807, 2.05) is 6.92 Å². The van der Waals surface area contributed by atoms with Crippen LogP contribution in [0, 0.1) is 5.92 Å². The molecule has 0 saturated carbocycles. The molecule has 0 fully saturated rings. The Kier molecular flexibility index (Phi) is 14.7. The number of alkyl halides is 2. The van der Waals surface area contributed by atoms with Crippen molar-refractivity contribution in [1.82, 2.24) is 6.15 Å². The zero-order valence-corrected chi connectivity index (χ0v) is 16.0. The Hall–Kier alpha value is 0.500. The van der Waals surface area contributed by atoms with Gasteiger partial charge in [0.1, 0.15) is 0 Å². The van der Waals surface area contributed by atoms with E-state index in [-0.39, 0.29) is 6.15 Å². The van der Waals surface area contributed by atoms with Crippen LogP contribution in [0.4, 0.5) is 0 Å². The molecule has 0 saturated heterocycles. The van der Waals surface area contributed by atoms with E-state index in [1.54, 1.807) is 6.92 Å². The lowest BCUT2D eigenvalue weighted by atomic mass is 9.85.